The number of carbonyl (C=O) groups is 1. The van der Waals surface area contributed by atoms with Crippen molar-refractivity contribution in [2.24, 2.45) is 5.92 Å². The van der Waals surface area contributed by atoms with E-state index in [0.717, 1.165) is 24.4 Å². The molecule has 3 aromatic heterocycles. The third-order valence-electron chi connectivity index (χ3n) is 4.77. The van der Waals surface area contributed by atoms with Gasteiger partial charge in [0.1, 0.15) is 10.9 Å². The van der Waals surface area contributed by atoms with Crippen LogP contribution in [-0.4, -0.2) is 53.0 Å². The van der Waals surface area contributed by atoms with Crippen molar-refractivity contribution in [3.63, 3.8) is 0 Å². The Morgan fingerprint density at radius 3 is 3.00 bits per heavy atom. The number of amides is 1. The smallest absolute Gasteiger partial charge is 0.295 e. The van der Waals surface area contributed by atoms with Crippen LogP contribution in [0.1, 0.15) is 22.5 Å². The van der Waals surface area contributed by atoms with Crippen LogP contribution in [0, 0.1) is 12.8 Å². The average molecular weight is 462 g/mol. The Kier molecular flexibility index (Phi) is 6.59. The van der Waals surface area contributed by atoms with Crippen molar-refractivity contribution < 1.29 is 19.0 Å². The third kappa shape index (κ3) is 4.92. The zero-order chi connectivity index (χ0) is 21.8. The molecule has 1 saturated heterocycles. The molecule has 4 rings (SSSR count). The van der Waals surface area contributed by atoms with Crippen LogP contribution in [0.2, 0.25) is 5.15 Å². The Morgan fingerprint density at radius 1 is 1.39 bits per heavy atom. The van der Waals surface area contributed by atoms with Crippen LogP contribution in [0.15, 0.2) is 24.5 Å². The van der Waals surface area contributed by atoms with Gasteiger partial charge in [0.2, 0.25) is 5.13 Å². The molecule has 0 aliphatic carbocycles. The number of nitrogens with zero attached hydrogens (tertiary/aromatic N) is 4. The summed E-state index contributed by atoms with van der Waals surface area (Å²) in [6, 6.07) is 3.42. The number of anilines is 1. The number of hydrogen-bond acceptors (Lipinski definition) is 9. The molecule has 0 spiro atoms. The van der Waals surface area contributed by atoms with E-state index in [1.807, 2.05) is 0 Å². The largest absolute Gasteiger partial charge is 0.494 e. The minimum Gasteiger partial charge on any atom is -0.494 e. The monoisotopic (exact) mass is 461 g/mol. The van der Waals surface area contributed by atoms with E-state index in [2.05, 4.69) is 25.5 Å². The number of halogens is 1. The Bertz CT molecular complexity index is 1090. The molecule has 1 aliphatic rings. The predicted molar refractivity (Wildman–Crippen MR) is 116 cm³/mol. The normalized spacial score (nSPS) is 15.6. The summed E-state index contributed by atoms with van der Waals surface area (Å²) in [5, 5.41) is 11.8. The number of rotatable bonds is 7. The van der Waals surface area contributed by atoms with E-state index in [1.54, 1.807) is 25.3 Å². The van der Waals surface area contributed by atoms with Gasteiger partial charge in [-0.15, -0.1) is 5.10 Å². The van der Waals surface area contributed by atoms with Crippen molar-refractivity contribution in [1.29, 1.82) is 0 Å². The van der Waals surface area contributed by atoms with Gasteiger partial charge in [0.25, 0.3) is 11.1 Å². The number of pyridine rings is 2. The number of carbonyl (C=O) groups excluding carboxylic acids is 1. The lowest BCUT2D eigenvalue weighted by atomic mass is 9.99. The highest BCUT2D eigenvalue weighted by atomic mass is 35.5. The summed E-state index contributed by atoms with van der Waals surface area (Å²) >= 11 is 7.22. The molecule has 162 valence electrons. The lowest BCUT2D eigenvalue weighted by molar-refractivity contribution is 0.102. The van der Waals surface area contributed by atoms with Crippen molar-refractivity contribution in [1.82, 2.24) is 20.2 Å². The highest BCUT2D eigenvalue weighted by molar-refractivity contribution is 7.17. The van der Waals surface area contributed by atoms with Crippen LogP contribution < -0.4 is 14.8 Å². The standard InChI is InChI=1S/C20H20ClN5O4S/c1-11-17(28-2)16(13-3-5-22-15(21)7-13)14(8-23-11)18(27)24-19-25-26-20(31-19)30-10-12-4-6-29-9-12/h3,5,7-8,12H,4,6,9-10H2,1-2H3,(H,24,25,27). The van der Waals surface area contributed by atoms with Crippen LogP contribution >= 0.6 is 22.9 Å². The minimum absolute atomic E-state index is 0.305. The fourth-order valence-corrected chi connectivity index (χ4v) is 4.01. The fraction of sp³-hybridized carbons (Fsp3) is 0.350. The second-order valence-electron chi connectivity index (χ2n) is 6.90. The molecule has 1 amide bonds. The summed E-state index contributed by atoms with van der Waals surface area (Å²) in [5.74, 6) is 0.429. The number of aromatic nitrogens is 4. The molecule has 9 nitrogen and oxygen atoms in total. The first-order valence-corrected chi connectivity index (χ1v) is 10.8. The van der Waals surface area contributed by atoms with Gasteiger partial charge >= 0.3 is 0 Å². The summed E-state index contributed by atoms with van der Waals surface area (Å²) < 4.78 is 16.5. The number of methoxy groups -OCH3 is 1. The first-order valence-electron chi connectivity index (χ1n) is 9.56. The van der Waals surface area contributed by atoms with Gasteiger partial charge in [-0.3, -0.25) is 15.1 Å². The van der Waals surface area contributed by atoms with Crippen molar-refractivity contribution in [2.45, 2.75) is 13.3 Å². The Balaban J connectivity index is 1.56. The summed E-state index contributed by atoms with van der Waals surface area (Å²) in [7, 11) is 1.53. The van der Waals surface area contributed by atoms with Crippen molar-refractivity contribution >= 4 is 34.0 Å². The van der Waals surface area contributed by atoms with Gasteiger partial charge in [-0.25, -0.2) is 4.98 Å². The second kappa shape index (κ2) is 9.54. The molecule has 0 radical (unpaired) electrons. The van der Waals surface area contributed by atoms with Crippen LogP contribution in [0.25, 0.3) is 11.1 Å². The third-order valence-corrected chi connectivity index (χ3v) is 5.73. The summed E-state index contributed by atoms with van der Waals surface area (Å²) in [6.07, 6.45) is 4.03. The molecule has 0 bridgehead atoms. The fourth-order valence-electron chi connectivity index (χ4n) is 3.24. The van der Waals surface area contributed by atoms with Gasteiger partial charge in [-0.05, 0) is 42.4 Å². The van der Waals surface area contributed by atoms with E-state index in [-0.39, 0.29) is 0 Å². The van der Waals surface area contributed by atoms with Crippen molar-refractivity contribution in [3.8, 4) is 22.1 Å². The molecule has 1 unspecified atom stereocenters. The first-order chi connectivity index (χ1) is 15.0. The Hall–Kier alpha value is -2.82. The van der Waals surface area contributed by atoms with Crippen LogP contribution in [0.3, 0.4) is 0 Å². The predicted octanol–water partition coefficient (Wildman–Crippen LogP) is 3.63. The summed E-state index contributed by atoms with van der Waals surface area (Å²) in [4.78, 5) is 21.4. The lowest BCUT2D eigenvalue weighted by Gasteiger charge is -2.15. The second-order valence-corrected chi connectivity index (χ2v) is 8.23. The van der Waals surface area contributed by atoms with Crippen molar-refractivity contribution in [2.75, 3.05) is 32.2 Å². The molecular weight excluding hydrogens is 442 g/mol. The van der Waals surface area contributed by atoms with Gasteiger partial charge < -0.3 is 14.2 Å². The summed E-state index contributed by atoms with van der Waals surface area (Å²) in [5.41, 5.74) is 2.21. The van der Waals surface area contributed by atoms with E-state index < -0.39 is 5.91 Å². The highest BCUT2D eigenvalue weighted by Crippen LogP contribution is 2.36. The molecule has 0 aromatic carbocycles. The molecular formula is C20H20ClN5O4S. The maximum Gasteiger partial charge on any atom is 0.295 e. The van der Waals surface area contributed by atoms with Gasteiger partial charge in [0.15, 0.2) is 0 Å². The first kappa shape index (κ1) is 21.4. The van der Waals surface area contributed by atoms with Crippen LogP contribution in [-0.2, 0) is 4.74 Å². The van der Waals surface area contributed by atoms with Crippen molar-refractivity contribution in [3.05, 3.63) is 40.9 Å². The SMILES string of the molecule is COc1c(C)ncc(C(=O)Nc2nnc(OCC3CCOC3)s2)c1-c1ccnc(Cl)c1. The topological polar surface area (TPSA) is 108 Å². The maximum absolute atomic E-state index is 13.1. The number of nitrogens with one attached hydrogen (secondary N) is 1. The Morgan fingerprint density at radius 2 is 2.26 bits per heavy atom. The number of ether oxygens (including phenoxy) is 3. The molecule has 1 atom stereocenters. The van der Waals surface area contributed by atoms with Gasteiger partial charge in [0, 0.05) is 30.5 Å². The minimum atomic E-state index is -0.402. The molecule has 4 heterocycles. The Labute approximate surface area is 187 Å². The molecule has 1 fully saturated rings. The van der Waals surface area contributed by atoms with Gasteiger partial charge in [-0.1, -0.05) is 16.7 Å². The highest BCUT2D eigenvalue weighted by Gasteiger charge is 2.22. The van der Waals surface area contributed by atoms with E-state index >= 15 is 0 Å². The lowest BCUT2D eigenvalue weighted by Crippen LogP contribution is -2.14. The molecule has 3 aromatic rings. The van der Waals surface area contributed by atoms with Crippen LogP contribution in [0.4, 0.5) is 5.13 Å². The molecule has 0 saturated carbocycles. The van der Waals surface area contributed by atoms with Gasteiger partial charge in [0.05, 0.1) is 31.6 Å². The summed E-state index contributed by atoms with van der Waals surface area (Å²) in [6.45, 7) is 3.75. The number of hydrogen-bond donors (Lipinski definition) is 1. The van der Waals surface area contributed by atoms with E-state index in [4.69, 9.17) is 25.8 Å². The molecule has 1 N–H and O–H groups in total. The van der Waals surface area contributed by atoms with E-state index in [0.29, 0.717) is 62.7 Å². The average Bonchev–Trinajstić information content (AvgIpc) is 3.44. The zero-order valence-electron chi connectivity index (χ0n) is 16.9. The molecule has 31 heavy (non-hydrogen) atoms. The van der Waals surface area contributed by atoms with Crippen LogP contribution in [0.5, 0.6) is 10.9 Å². The van der Waals surface area contributed by atoms with E-state index in [9.17, 15) is 4.79 Å². The maximum atomic E-state index is 13.1. The molecule has 1 aliphatic heterocycles. The van der Waals surface area contributed by atoms with E-state index in [1.165, 1.54) is 13.3 Å². The molecule has 11 heteroatoms. The zero-order valence-corrected chi connectivity index (χ0v) is 18.5. The number of aryl methyl sites for hydroxylation is 1. The quantitative estimate of drug-likeness (QED) is 0.531. The van der Waals surface area contributed by atoms with Gasteiger partial charge in [-0.2, -0.15) is 0 Å².